The number of benzene rings is 1. The van der Waals surface area contributed by atoms with Gasteiger partial charge in [-0.3, -0.25) is 4.79 Å². The summed E-state index contributed by atoms with van der Waals surface area (Å²) in [6.45, 7) is 8.78. The SMILES string of the molecule is CC(C)COC(=O)OCC(C)C.O=C(O)CCCc1ccccc1. The van der Waals surface area contributed by atoms with E-state index in [2.05, 4.69) is 0 Å². The minimum Gasteiger partial charge on any atom is -0.481 e. The number of carbonyl (C=O) groups excluding carboxylic acids is 1. The molecule has 0 heterocycles. The van der Waals surface area contributed by atoms with E-state index in [1.165, 1.54) is 5.56 Å². The van der Waals surface area contributed by atoms with Crippen LogP contribution in [-0.4, -0.2) is 30.4 Å². The predicted octanol–water partition coefficient (Wildman–Crippen LogP) is 4.55. The van der Waals surface area contributed by atoms with Gasteiger partial charge in [-0.05, 0) is 30.2 Å². The molecule has 0 saturated heterocycles. The first-order valence-corrected chi connectivity index (χ1v) is 8.36. The average Bonchev–Trinajstić information content (AvgIpc) is 2.52. The summed E-state index contributed by atoms with van der Waals surface area (Å²) in [6.07, 6.45) is 1.28. The van der Waals surface area contributed by atoms with Gasteiger partial charge in [-0.1, -0.05) is 58.0 Å². The zero-order valence-electron chi connectivity index (χ0n) is 15.2. The monoisotopic (exact) mass is 338 g/mol. The first-order valence-electron chi connectivity index (χ1n) is 8.36. The van der Waals surface area contributed by atoms with Crippen LogP contribution in [0.5, 0.6) is 0 Å². The van der Waals surface area contributed by atoms with E-state index >= 15 is 0 Å². The summed E-state index contributed by atoms with van der Waals surface area (Å²) < 4.78 is 9.59. The van der Waals surface area contributed by atoms with E-state index < -0.39 is 12.1 Å². The molecule has 0 aliphatic carbocycles. The van der Waals surface area contributed by atoms with Crippen LogP contribution in [0.2, 0.25) is 0 Å². The average molecular weight is 338 g/mol. The number of carbonyl (C=O) groups is 2. The lowest BCUT2D eigenvalue weighted by Gasteiger charge is -2.08. The molecule has 0 saturated carbocycles. The maximum atomic E-state index is 10.8. The van der Waals surface area contributed by atoms with Gasteiger partial charge in [0.05, 0.1) is 13.2 Å². The standard InChI is InChI=1S/C10H12O2.C9H18O3/c11-10(12)8-4-7-9-5-2-1-3-6-9;1-7(2)5-11-9(10)12-6-8(3)4/h1-3,5-6H,4,7-8H2,(H,11,12);7-8H,5-6H2,1-4H3. The Morgan fingerprint density at radius 2 is 1.46 bits per heavy atom. The third kappa shape index (κ3) is 14.9. The normalized spacial score (nSPS) is 10.1. The molecule has 5 nitrogen and oxygen atoms in total. The number of hydrogen-bond donors (Lipinski definition) is 1. The van der Waals surface area contributed by atoms with E-state index in [0.717, 1.165) is 12.8 Å². The highest BCUT2D eigenvalue weighted by Crippen LogP contribution is 2.03. The lowest BCUT2D eigenvalue weighted by molar-refractivity contribution is -0.137. The third-order valence-electron chi connectivity index (χ3n) is 2.77. The number of carboxylic acids is 1. The Bertz CT molecular complexity index is 440. The molecular weight excluding hydrogens is 308 g/mol. The van der Waals surface area contributed by atoms with Gasteiger partial charge >= 0.3 is 12.1 Å². The van der Waals surface area contributed by atoms with Gasteiger partial charge in [-0.2, -0.15) is 0 Å². The molecule has 0 aliphatic rings. The van der Waals surface area contributed by atoms with Gasteiger partial charge in [0.1, 0.15) is 0 Å². The molecule has 1 rings (SSSR count). The van der Waals surface area contributed by atoms with E-state index in [-0.39, 0.29) is 6.42 Å². The molecule has 0 atom stereocenters. The number of carboxylic acid groups (broad SMARTS) is 1. The van der Waals surface area contributed by atoms with Crippen molar-refractivity contribution in [2.75, 3.05) is 13.2 Å². The highest BCUT2D eigenvalue weighted by Gasteiger charge is 2.05. The number of ether oxygens (including phenoxy) is 2. The van der Waals surface area contributed by atoms with Crippen molar-refractivity contribution in [1.82, 2.24) is 0 Å². The molecule has 136 valence electrons. The highest BCUT2D eigenvalue weighted by molar-refractivity contribution is 5.66. The van der Waals surface area contributed by atoms with Crippen molar-refractivity contribution >= 4 is 12.1 Å². The Morgan fingerprint density at radius 1 is 0.958 bits per heavy atom. The van der Waals surface area contributed by atoms with Gasteiger partial charge in [0.15, 0.2) is 0 Å². The van der Waals surface area contributed by atoms with E-state index in [1.807, 2.05) is 58.0 Å². The molecular formula is C19H30O5. The zero-order chi connectivity index (χ0) is 18.4. The van der Waals surface area contributed by atoms with Crippen LogP contribution < -0.4 is 0 Å². The van der Waals surface area contributed by atoms with Crippen LogP contribution in [0.1, 0.15) is 46.1 Å². The van der Waals surface area contributed by atoms with Crippen molar-refractivity contribution in [3.63, 3.8) is 0 Å². The van der Waals surface area contributed by atoms with Gasteiger partial charge < -0.3 is 14.6 Å². The van der Waals surface area contributed by atoms with E-state index in [9.17, 15) is 9.59 Å². The summed E-state index contributed by atoms with van der Waals surface area (Å²) >= 11 is 0. The number of rotatable bonds is 8. The predicted molar refractivity (Wildman–Crippen MR) is 94.0 cm³/mol. The zero-order valence-corrected chi connectivity index (χ0v) is 15.2. The molecule has 5 heteroatoms. The first-order chi connectivity index (χ1) is 11.3. The Hall–Kier alpha value is -2.04. The Morgan fingerprint density at radius 3 is 1.88 bits per heavy atom. The second-order valence-electron chi connectivity index (χ2n) is 6.39. The topological polar surface area (TPSA) is 72.8 Å². The lowest BCUT2D eigenvalue weighted by atomic mass is 10.1. The molecule has 0 unspecified atom stereocenters. The van der Waals surface area contributed by atoms with Crippen molar-refractivity contribution in [1.29, 1.82) is 0 Å². The Kier molecular flexibility index (Phi) is 12.3. The van der Waals surface area contributed by atoms with E-state index in [4.69, 9.17) is 14.6 Å². The van der Waals surface area contributed by atoms with Gasteiger partial charge in [0, 0.05) is 6.42 Å². The first kappa shape index (κ1) is 22.0. The molecule has 0 spiro atoms. The van der Waals surface area contributed by atoms with Crippen LogP contribution in [0.4, 0.5) is 4.79 Å². The fourth-order valence-corrected chi connectivity index (χ4v) is 1.60. The van der Waals surface area contributed by atoms with Crippen LogP contribution in [-0.2, 0) is 20.7 Å². The summed E-state index contributed by atoms with van der Waals surface area (Å²) in [7, 11) is 0. The molecule has 1 aromatic carbocycles. The van der Waals surface area contributed by atoms with Crippen molar-refractivity contribution in [3.05, 3.63) is 35.9 Å². The van der Waals surface area contributed by atoms with Gasteiger partial charge in [0.25, 0.3) is 0 Å². The number of aliphatic carboxylic acids is 1. The van der Waals surface area contributed by atoms with Crippen molar-refractivity contribution in [2.24, 2.45) is 11.8 Å². The molecule has 0 bridgehead atoms. The second-order valence-corrected chi connectivity index (χ2v) is 6.39. The van der Waals surface area contributed by atoms with Crippen LogP contribution in [0.25, 0.3) is 0 Å². The minimum absolute atomic E-state index is 0.259. The molecule has 0 fully saturated rings. The molecule has 0 aliphatic heterocycles. The van der Waals surface area contributed by atoms with Crippen molar-refractivity contribution in [2.45, 2.75) is 47.0 Å². The fourth-order valence-electron chi connectivity index (χ4n) is 1.60. The third-order valence-corrected chi connectivity index (χ3v) is 2.77. The van der Waals surface area contributed by atoms with Crippen molar-refractivity contribution in [3.8, 4) is 0 Å². The highest BCUT2D eigenvalue weighted by atomic mass is 16.7. The maximum Gasteiger partial charge on any atom is 0.508 e. The van der Waals surface area contributed by atoms with Crippen LogP contribution >= 0.6 is 0 Å². The smallest absolute Gasteiger partial charge is 0.481 e. The fraction of sp³-hybridized carbons (Fsp3) is 0.579. The second kappa shape index (κ2) is 13.4. The van der Waals surface area contributed by atoms with Crippen LogP contribution in [0.15, 0.2) is 30.3 Å². The quantitative estimate of drug-likeness (QED) is 0.704. The summed E-state index contributed by atoms with van der Waals surface area (Å²) in [4.78, 5) is 21.0. The summed E-state index contributed by atoms with van der Waals surface area (Å²) in [5, 5.41) is 8.39. The summed E-state index contributed by atoms with van der Waals surface area (Å²) in [6, 6.07) is 9.93. The maximum absolute atomic E-state index is 10.8. The van der Waals surface area contributed by atoms with E-state index in [0.29, 0.717) is 25.0 Å². The van der Waals surface area contributed by atoms with Crippen molar-refractivity contribution < 1.29 is 24.2 Å². The molecule has 1 N–H and O–H groups in total. The molecule has 24 heavy (non-hydrogen) atoms. The molecule has 0 aromatic heterocycles. The molecule has 0 amide bonds. The molecule has 0 radical (unpaired) electrons. The van der Waals surface area contributed by atoms with Gasteiger partial charge in [-0.15, -0.1) is 0 Å². The summed E-state index contributed by atoms with van der Waals surface area (Å²) in [5.41, 5.74) is 1.21. The van der Waals surface area contributed by atoms with Gasteiger partial charge in [-0.25, -0.2) is 4.79 Å². The molecule has 1 aromatic rings. The number of hydrogen-bond acceptors (Lipinski definition) is 4. The van der Waals surface area contributed by atoms with Gasteiger partial charge in [0.2, 0.25) is 0 Å². The lowest BCUT2D eigenvalue weighted by Crippen LogP contribution is -2.14. The number of aryl methyl sites for hydroxylation is 1. The minimum atomic E-state index is -0.717. The summed E-state index contributed by atoms with van der Waals surface area (Å²) in [5.74, 6) is -0.000805. The Labute approximate surface area is 145 Å². The van der Waals surface area contributed by atoms with Crippen LogP contribution in [0, 0.1) is 11.8 Å². The van der Waals surface area contributed by atoms with E-state index in [1.54, 1.807) is 0 Å². The van der Waals surface area contributed by atoms with Crippen LogP contribution in [0.3, 0.4) is 0 Å². The Balaban J connectivity index is 0.000000441. The largest absolute Gasteiger partial charge is 0.508 e.